The molecular weight excluding hydrogens is 437 g/mol. The van der Waals surface area contributed by atoms with Crippen LogP contribution in [0.5, 0.6) is 0 Å². The fourth-order valence-corrected chi connectivity index (χ4v) is 4.02. The van der Waals surface area contributed by atoms with Gasteiger partial charge in [-0.05, 0) is 19.3 Å². The number of aromatic nitrogens is 1. The van der Waals surface area contributed by atoms with E-state index in [9.17, 15) is 0 Å². The Kier molecular flexibility index (Phi) is 8.18. The van der Waals surface area contributed by atoms with Crippen molar-refractivity contribution in [2.45, 2.75) is 19.9 Å². The zero-order chi connectivity index (χ0) is 16.1. The monoisotopic (exact) mass is 465 g/mol. The Morgan fingerprint density at radius 1 is 1.42 bits per heavy atom. The van der Waals surface area contributed by atoms with Gasteiger partial charge in [-0.25, -0.2) is 4.98 Å². The Labute approximate surface area is 165 Å². The van der Waals surface area contributed by atoms with Gasteiger partial charge in [0.2, 0.25) is 0 Å². The first kappa shape index (κ1) is 19.9. The summed E-state index contributed by atoms with van der Waals surface area (Å²) in [4.78, 5) is 15.0. The van der Waals surface area contributed by atoms with Gasteiger partial charge in [0, 0.05) is 50.8 Å². The number of hydrogen-bond donors (Lipinski definition) is 1. The van der Waals surface area contributed by atoms with Gasteiger partial charge in [-0.15, -0.1) is 35.3 Å². The molecule has 0 bridgehead atoms. The number of aryl methyl sites for hydroxylation is 1. The number of rotatable bonds is 4. The highest BCUT2D eigenvalue weighted by atomic mass is 127. The summed E-state index contributed by atoms with van der Waals surface area (Å²) in [6.07, 6.45) is 3.17. The SMILES string of the molecule is CN=C(NCc1ncc(C)s1)N1CCC(CN2CCOCC2)C1.I. The van der Waals surface area contributed by atoms with E-state index in [1.54, 1.807) is 11.3 Å². The molecular formula is C16H28IN5OS. The number of ether oxygens (including phenoxy) is 1. The number of nitrogens with zero attached hydrogens (tertiary/aromatic N) is 4. The van der Waals surface area contributed by atoms with E-state index in [1.165, 1.54) is 17.8 Å². The van der Waals surface area contributed by atoms with Gasteiger partial charge in [-0.1, -0.05) is 0 Å². The van der Waals surface area contributed by atoms with Crippen molar-refractivity contribution in [1.29, 1.82) is 0 Å². The molecule has 0 amide bonds. The number of aliphatic imine (C=N–C) groups is 1. The van der Waals surface area contributed by atoms with Crippen molar-refractivity contribution in [3.05, 3.63) is 16.1 Å². The highest BCUT2D eigenvalue weighted by molar-refractivity contribution is 14.0. The lowest BCUT2D eigenvalue weighted by Gasteiger charge is -2.29. The van der Waals surface area contributed by atoms with Crippen LogP contribution >= 0.6 is 35.3 Å². The van der Waals surface area contributed by atoms with Crippen molar-refractivity contribution in [2.24, 2.45) is 10.9 Å². The summed E-state index contributed by atoms with van der Waals surface area (Å²) in [5.74, 6) is 1.73. The molecule has 0 radical (unpaired) electrons. The van der Waals surface area contributed by atoms with Crippen molar-refractivity contribution in [3.63, 3.8) is 0 Å². The van der Waals surface area contributed by atoms with Crippen molar-refractivity contribution in [3.8, 4) is 0 Å². The topological polar surface area (TPSA) is 53.0 Å². The molecule has 24 heavy (non-hydrogen) atoms. The molecule has 1 aromatic heterocycles. The number of likely N-dealkylation sites (tertiary alicyclic amines) is 1. The summed E-state index contributed by atoms with van der Waals surface area (Å²) >= 11 is 1.74. The van der Waals surface area contributed by atoms with Crippen LogP contribution in [0.25, 0.3) is 0 Å². The summed E-state index contributed by atoms with van der Waals surface area (Å²) in [6.45, 7) is 10.1. The van der Waals surface area contributed by atoms with Gasteiger partial charge in [0.1, 0.15) is 5.01 Å². The molecule has 8 heteroatoms. The number of thiazole rings is 1. The number of morpholine rings is 1. The Hall–Kier alpha value is -0.450. The van der Waals surface area contributed by atoms with Crippen molar-refractivity contribution in [1.82, 2.24) is 20.1 Å². The first-order valence-electron chi connectivity index (χ1n) is 8.41. The maximum Gasteiger partial charge on any atom is 0.194 e. The highest BCUT2D eigenvalue weighted by Crippen LogP contribution is 2.18. The third-order valence-electron chi connectivity index (χ3n) is 4.48. The quantitative estimate of drug-likeness (QED) is 0.418. The lowest BCUT2D eigenvalue weighted by Crippen LogP contribution is -2.42. The minimum Gasteiger partial charge on any atom is -0.379 e. The van der Waals surface area contributed by atoms with Crippen LogP contribution in [-0.4, -0.2) is 73.7 Å². The summed E-state index contributed by atoms with van der Waals surface area (Å²) in [5.41, 5.74) is 0. The van der Waals surface area contributed by atoms with Crippen LogP contribution in [0, 0.1) is 12.8 Å². The van der Waals surface area contributed by atoms with Crippen molar-refractivity contribution >= 4 is 41.3 Å². The van der Waals surface area contributed by atoms with E-state index in [1.807, 2.05) is 13.2 Å². The van der Waals surface area contributed by atoms with Crippen LogP contribution in [0.3, 0.4) is 0 Å². The first-order chi connectivity index (χ1) is 11.2. The third-order valence-corrected chi connectivity index (χ3v) is 5.40. The van der Waals surface area contributed by atoms with Crippen molar-refractivity contribution in [2.75, 3.05) is 53.0 Å². The molecule has 0 aromatic carbocycles. The minimum absolute atomic E-state index is 0. The predicted octanol–water partition coefficient (Wildman–Crippen LogP) is 1.80. The molecule has 1 N–H and O–H groups in total. The summed E-state index contributed by atoms with van der Waals surface area (Å²) < 4.78 is 5.43. The summed E-state index contributed by atoms with van der Waals surface area (Å²) in [6, 6.07) is 0. The second-order valence-electron chi connectivity index (χ2n) is 6.28. The molecule has 2 saturated heterocycles. The second-order valence-corrected chi connectivity index (χ2v) is 7.60. The Morgan fingerprint density at radius 2 is 2.21 bits per heavy atom. The van der Waals surface area contributed by atoms with E-state index in [2.05, 4.69) is 32.0 Å². The number of hydrogen-bond acceptors (Lipinski definition) is 5. The zero-order valence-corrected chi connectivity index (χ0v) is 17.7. The van der Waals surface area contributed by atoms with Gasteiger partial charge in [-0.2, -0.15) is 0 Å². The third kappa shape index (κ3) is 5.53. The Balaban J connectivity index is 0.00000208. The average Bonchev–Trinajstić information content (AvgIpc) is 3.19. The van der Waals surface area contributed by atoms with Crippen LogP contribution in [0.2, 0.25) is 0 Å². The van der Waals surface area contributed by atoms with E-state index in [4.69, 9.17) is 4.74 Å². The molecule has 0 saturated carbocycles. The standard InChI is InChI=1S/C16H27N5OS.HI/c1-13-9-18-15(23-13)10-19-16(17-2)21-4-3-14(12-21)11-20-5-7-22-8-6-20;/h9,14H,3-8,10-12H2,1-2H3,(H,17,19);1H. The first-order valence-corrected chi connectivity index (χ1v) is 9.23. The molecule has 1 atom stereocenters. The molecule has 2 aliphatic rings. The van der Waals surface area contributed by atoms with E-state index < -0.39 is 0 Å². The molecule has 1 unspecified atom stereocenters. The lowest BCUT2D eigenvalue weighted by atomic mass is 10.1. The molecule has 0 spiro atoms. The number of nitrogens with one attached hydrogen (secondary N) is 1. The summed E-state index contributed by atoms with van der Waals surface area (Å²) in [5, 5.41) is 4.57. The summed E-state index contributed by atoms with van der Waals surface area (Å²) in [7, 11) is 1.87. The molecule has 2 fully saturated rings. The minimum atomic E-state index is 0. The van der Waals surface area contributed by atoms with Crippen LogP contribution in [0.15, 0.2) is 11.2 Å². The largest absolute Gasteiger partial charge is 0.379 e. The maximum absolute atomic E-state index is 5.43. The van der Waals surface area contributed by atoms with Gasteiger partial charge in [0.25, 0.3) is 0 Å². The van der Waals surface area contributed by atoms with Gasteiger partial charge in [-0.3, -0.25) is 9.89 Å². The van der Waals surface area contributed by atoms with Gasteiger partial charge in [0.15, 0.2) is 5.96 Å². The van der Waals surface area contributed by atoms with Crippen LogP contribution in [0.4, 0.5) is 0 Å². The van der Waals surface area contributed by atoms with Gasteiger partial charge >= 0.3 is 0 Å². The van der Waals surface area contributed by atoms with Gasteiger partial charge in [0.05, 0.1) is 19.8 Å². The molecule has 3 heterocycles. The van der Waals surface area contributed by atoms with Crippen LogP contribution < -0.4 is 5.32 Å². The van der Waals surface area contributed by atoms with Crippen LogP contribution in [-0.2, 0) is 11.3 Å². The van der Waals surface area contributed by atoms with E-state index in [-0.39, 0.29) is 24.0 Å². The number of halogens is 1. The maximum atomic E-state index is 5.43. The Morgan fingerprint density at radius 3 is 2.88 bits per heavy atom. The van der Waals surface area contributed by atoms with E-state index in [0.717, 1.165) is 62.8 Å². The highest BCUT2D eigenvalue weighted by Gasteiger charge is 2.27. The Bertz CT molecular complexity index is 532. The van der Waals surface area contributed by atoms with E-state index >= 15 is 0 Å². The molecule has 0 aliphatic carbocycles. The van der Waals surface area contributed by atoms with Gasteiger partial charge < -0.3 is 15.0 Å². The average molecular weight is 465 g/mol. The molecule has 1 aromatic rings. The number of guanidine groups is 1. The zero-order valence-electron chi connectivity index (χ0n) is 14.5. The smallest absolute Gasteiger partial charge is 0.194 e. The molecule has 136 valence electrons. The fourth-order valence-electron chi connectivity index (χ4n) is 3.29. The van der Waals surface area contributed by atoms with Crippen molar-refractivity contribution < 1.29 is 4.74 Å². The fraction of sp³-hybridized carbons (Fsp3) is 0.750. The second kappa shape index (κ2) is 9.88. The molecule has 6 nitrogen and oxygen atoms in total. The molecule has 3 rings (SSSR count). The lowest BCUT2D eigenvalue weighted by molar-refractivity contribution is 0.0315. The van der Waals surface area contributed by atoms with Crippen LogP contribution in [0.1, 0.15) is 16.3 Å². The molecule has 2 aliphatic heterocycles. The van der Waals surface area contributed by atoms with E-state index in [0.29, 0.717) is 0 Å². The predicted molar refractivity (Wildman–Crippen MR) is 109 cm³/mol. The normalized spacial score (nSPS) is 22.5.